The number of phenols is 1. The molecule has 5 nitrogen and oxygen atoms in total. The predicted octanol–water partition coefficient (Wildman–Crippen LogP) is 2.03. The predicted molar refractivity (Wildman–Crippen MR) is 75.7 cm³/mol. The molecule has 0 aliphatic carbocycles. The van der Waals surface area contributed by atoms with Gasteiger partial charge in [-0.1, -0.05) is 24.4 Å². The van der Waals surface area contributed by atoms with Crippen LogP contribution in [-0.4, -0.2) is 10.1 Å². The lowest BCUT2D eigenvalue weighted by Crippen LogP contribution is -2.08. The third-order valence-electron chi connectivity index (χ3n) is 2.82. The Morgan fingerprint density at radius 3 is 2.47 bits per heavy atom. The monoisotopic (exact) mass is 272 g/mol. The van der Waals surface area contributed by atoms with Crippen LogP contribution < -0.4 is 11.5 Å². The fraction of sp³-hybridized carbons (Fsp3) is 0.0769. The number of pyridine rings is 1. The zero-order valence-electron chi connectivity index (χ0n) is 9.97. The number of nitrogens with zero attached hydrogens (tertiary/aromatic N) is 1. The second-order valence-electron chi connectivity index (χ2n) is 3.96. The van der Waals surface area contributed by atoms with Gasteiger partial charge in [0.15, 0.2) is 0 Å². The number of aromatic nitrogens is 1. The molecule has 0 atom stereocenters. The van der Waals surface area contributed by atoms with Crippen molar-refractivity contribution in [2.45, 2.75) is 6.54 Å². The molecule has 1 aromatic carbocycles. The van der Waals surface area contributed by atoms with Gasteiger partial charge in [0, 0.05) is 17.7 Å². The van der Waals surface area contributed by atoms with Gasteiger partial charge in [0.1, 0.15) is 22.3 Å². The maximum atomic E-state index is 9.32. The number of anilines is 1. The van der Waals surface area contributed by atoms with Crippen LogP contribution in [0.3, 0.4) is 0 Å². The Kier molecular flexibility index (Phi) is 3.51. The number of aromatic amines is 1. The van der Waals surface area contributed by atoms with Gasteiger partial charge < -0.3 is 21.6 Å². The molecule has 1 aromatic heterocycles. The maximum Gasteiger partial charge on any atom is 0.123 e. The maximum absolute atomic E-state index is 9.32. The summed E-state index contributed by atoms with van der Waals surface area (Å²) in [5.74, 6) is 0.500. The molecule has 2 aromatic rings. The summed E-state index contributed by atoms with van der Waals surface area (Å²) in [5, 5.41) is 18.6. The van der Waals surface area contributed by atoms with E-state index in [-0.39, 0.29) is 16.9 Å². The molecular weight excluding hydrogens is 260 g/mol. The van der Waals surface area contributed by atoms with Crippen molar-refractivity contribution in [1.82, 2.24) is 4.98 Å². The first kappa shape index (κ1) is 13.1. The van der Waals surface area contributed by atoms with E-state index in [0.717, 1.165) is 5.56 Å². The van der Waals surface area contributed by atoms with E-state index >= 15 is 0 Å². The average molecular weight is 272 g/mol. The number of hydrogen-bond donors (Lipinski definition) is 4. The molecule has 0 saturated heterocycles. The normalized spacial score (nSPS) is 10.1. The Morgan fingerprint density at radius 2 is 1.95 bits per heavy atom. The second-order valence-corrected chi connectivity index (χ2v) is 4.37. The van der Waals surface area contributed by atoms with Gasteiger partial charge in [-0.25, -0.2) is 0 Å². The van der Waals surface area contributed by atoms with Gasteiger partial charge in [-0.05, 0) is 17.7 Å². The van der Waals surface area contributed by atoms with Gasteiger partial charge in [0.25, 0.3) is 0 Å². The van der Waals surface area contributed by atoms with Gasteiger partial charge in [0.2, 0.25) is 0 Å². The van der Waals surface area contributed by atoms with E-state index in [2.05, 4.69) is 11.1 Å². The van der Waals surface area contributed by atoms with Crippen molar-refractivity contribution < 1.29 is 5.11 Å². The SMILES string of the molecule is N#Cc1c(-c2ccc(O)cc2)c(CN)c(N)[nH]c1=S. The number of aromatic hydroxyl groups is 1. The number of rotatable bonds is 2. The van der Waals surface area contributed by atoms with E-state index in [1.54, 1.807) is 12.1 Å². The standard InChI is InChI=1S/C13H12N4OS/c14-5-9-11(7-1-3-8(18)4-2-7)10(6-15)13(19)17-12(9)16/h1-4,18H,5,14H2,(H3,16,17,19). The van der Waals surface area contributed by atoms with Gasteiger partial charge >= 0.3 is 0 Å². The van der Waals surface area contributed by atoms with E-state index in [1.807, 2.05) is 0 Å². The number of nitriles is 1. The van der Waals surface area contributed by atoms with Crippen molar-refractivity contribution >= 4 is 18.0 Å². The molecule has 96 valence electrons. The topological polar surface area (TPSA) is 112 Å². The Labute approximate surface area is 115 Å². The number of nitrogen functional groups attached to an aromatic ring is 1. The van der Waals surface area contributed by atoms with Crippen LogP contribution in [0.4, 0.5) is 5.82 Å². The van der Waals surface area contributed by atoms with Crippen molar-refractivity contribution in [3.05, 3.63) is 40.0 Å². The number of benzene rings is 1. The zero-order chi connectivity index (χ0) is 14.0. The smallest absolute Gasteiger partial charge is 0.123 e. The summed E-state index contributed by atoms with van der Waals surface area (Å²) < 4.78 is 0.278. The van der Waals surface area contributed by atoms with Crippen LogP contribution in [0.5, 0.6) is 5.75 Å². The number of nitrogens with one attached hydrogen (secondary N) is 1. The Balaban J connectivity index is 2.84. The first-order valence-corrected chi connectivity index (χ1v) is 5.93. The highest BCUT2D eigenvalue weighted by Gasteiger charge is 2.15. The van der Waals surface area contributed by atoms with Crippen molar-refractivity contribution in [2.24, 2.45) is 5.73 Å². The minimum atomic E-state index is 0.144. The molecule has 0 aliphatic rings. The lowest BCUT2D eigenvalue weighted by atomic mass is 9.96. The van der Waals surface area contributed by atoms with Gasteiger partial charge in [-0.15, -0.1) is 0 Å². The summed E-state index contributed by atoms with van der Waals surface area (Å²) in [6.45, 7) is 0.183. The number of hydrogen-bond acceptors (Lipinski definition) is 5. The summed E-state index contributed by atoms with van der Waals surface area (Å²) in [6.07, 6.45) is 0. The quantitative estimate of drug-likeness (QED) is 0.625. The van der Waals surface area contributed by atoms with Gasteiger partial charge in [-0.2, -0.15) is 5.26 Å². The first-order valence-electron chi connectivity index (χ1n) is 5.52. The third-order valence-corrected chi connectivity index (χ3v) is 3.13. The van der Waals surface area contributed by atoms with E-state index in [0.29, 0.717) is 22.5 Å². The summed E-state index contributed by atoms with van der Waals surface area (Å²) in [4.78, 5) is 2.77. The largest absolute Gasteiger partial charge is 0.508 e. The fourth-order valence-electron chi connectivity index (χ4n) is 1.92. The molecule has 0 radical (unpaired) electrons. The van der Waals surface area contributed by atoms with Crippen LogP contribution >= 0.6 is 12.2 Å². The molecular formula is C13H12N4OS. The van der Waals surface area contributed by atoms with Crippen LogP contribution in [0.15, 0.2) is 24.3 Å². The average Bonchev–Trinajstić information content (AvgIpc) is 2.39. The molecule has 2 rings (SSSR count). The molecule has 6 heteroatoms. The highest BCUT2D eigenvalue weighted by Crippen LogP contribution is 2.31. The number of H-pyrrole nitrogens is 1. The fourth-order valence-corrected chi connectivity index (χ4v) is 2.18. The molecule has 0 unspecified atom stereocenters. The Bertz CT molecular complexity index is 713. The first-order chi connectivity index (χ1) is 9.08. The molecule has 6 N–H and O–H groups in total. The van der Waals surface area contributed by atoms with Crippen molar-refractivity contribution in [3.8, 4) is 22.9 Å². The lowest BCUT2D eigenvalue weighted by Gasteiger charge is -2.13. The zero-order valence-corrected chi connectivity index (χ0v) is 10.8. The number of nitrogens with two attached hydrogens (primary N) is 2. The molecule has 0 fully saturated rings. The lowest BCUT2D eigenvalue weighted by molar-refractivity contribution is 0.475. The van der Waals surface area contributed by atoms with Crippen LogP contribution in [0.2, 0.25) is 0 Å². The van der Waals surface area contributed by atoms with E-state index in [4.69, 9.17) is 23.7 Å². The van der Waals surface area contributed by atoms with Crippen LogP contribution in [0, 0.1) is 16.0 Å². The number of phenolic OH excluding ortho intramolecular Hbond substituents is 1. The third kappa shape index (κ3) is 2.29. The van der Waals surface area contributed by atoms with Crippen LogP contribution in [0.1, 0.15) is 11.1 Å². The molecule has 0 spiro atoms. The van der Waals surface area contributed by atoms with Crippen molar-refractivity contribution in [1.29, 1.82) is 5.26 Å². The van der Waals surface area contributed by atoms with E-state index < -0.39 is 0 Å². The van der Waals surface area contributed by atoms with Crippen LogP contribution in [0.25, 0.3) is 11.1 Å². The molecule has 0 amide bonds. The van der Waals surface area contributed by atoms with E-state index in [9.17, 15) is 10.4 Å². The second kappa shape index (κ2) is 5.10. The van der Waals surface area contributed by atoms with Crippen LogP contribution in [-0.2, 0) is 6.54 Å². The Morgan fingerprint density at radius 1 is 1.32 bits per heavy atom. The van der Waals surface area contributed by atoms with Crippen molar-refractivity contribution in [3.63, 3.8) is 0 Å². The molecule has 0 aliphatic heterocycles. The minimum absolute atomic E-state index is 0.144. The molecule has 0 saturated carbocycles. The van der Waals surface area contributed by atoms with Gasteiger partial charge in [-0.3, -0.25) is 0 Å². The highest BCUT2D eigenvalue weighted by atomic mass is 32.1. The van der Waals surface area contributed by atoms with Crippen molar-refractivity contribution in [2.75, 3.05) is 5.73 Å². The highest BCUT2D eigenvalue weighted by molar-refractivity contribution is 7.71. The summed E-state index contributed by atoms with van der Waals surface area (Å²) in [7, 11) is 0. The minimum Gasteiger partial charge on any atom is -0.508 e. The molecule has 19 heavy (non-hydrogen) atoms. The molecule has 0 bridgehead atoms. The summed E-state index contributed by atoms with van der Waals surface area (Å²) >= 11 is 5.11. The molecule has 1 heterocycles. The van der Waals surface area contributed by atoms with E-state index in [1.165, 1.54) is 12.1 Å². The summed E-state index contributed by atoms with van der Waals surface area (Å²) in [6, 6.07) is 8.53. The van der Waals surface area contributed by atoms with Gasteiger partial charge in [0.05, 0.1) is 5.56 Å². The Hall–Kier alpha value is -2.36. The summed E-state index contributed by atoms with van der Waals surface area (Å²) in [5.41, 5.74) is 13.9.